The number of aromatic nitrogens is 2. The molecule has 0 saturated carbocycles. The quantitative estimate of drug-likeness (QED) is 0.200. The van der Waals surface area contributed by atoms with E-state index < -0.39 is 0 Å². The molecule has 6 N–H and O–H groups in total. The Kier molecular flexibility index (Phi) is 7.74. The van der Waals surface area contributed by atoms with Crippen molar-refractivity contribution in [2.75, 3.05) is 63.1 Å². The minimum absolute atomic E-state index is 0.127. The zero-order chi connectivity index (χ0) is 19.6. The standard InChI is InChI=1S/C20H28N6O2/c27-11-9-21-5-7-23-19-17-13-15-3-1-2-4-16(15)14-18(17)20(26-25-19)24-8-6-22-10-12-28/h1-4,13-14,21-22,27-28H,5-12H2,(H,23,25)(H,24,26). The Labute approximate surface area is 164 Å². The second-order valence-electron chi connectivity index (χ2n) is 6.44. The van der Waals surface area contributed by atoms with Crippen LogP contribution in [0.5, 0.6) is 0 Å². The molecule has 1 heterocycles. The monoisotopic (exact) mass is 384 g/mol. The number of aliphatic hydroxyl groups is 2. The first-order valence-corrected chi connectivity index (χ1v) is 9.63. The van der Waals surface area contributed by atoms with E-state index in [2.05, 4.69) is 55.7 Å². The highest BCUT2D eigenvalue weighted by Crippen LogP contribution is 2.30. The number of anilines is 2. The molecule has 1 aromatic heterocycles. The third-order valence-corrected chi connectivity index (χ3v) is 4.41. The fourth-order valence-electron chi connectivity index (χ4n) is 3.05. The maximum absolute atomic E-state index is 8.84. The molecule has 3 rings (SSSR count). The van der Waals surface area contributed by atoms with E-state index in [0.717, 1.165) is 46.3 Å². The summed E-state index contributed by atoms with van der Waals surface area (Å²) in [5.74, 6) is 1.49. The summed E-state index contributed by atoms with van der Waals surface area (Å²) in [5, 5.41) is 43.8. The third-order valence-electron chi connectivity index (χ3n) is 4.41. The van der Waals surface area contributed by atoms with Gasteiger partial charge in [0.05, 0.1) is 13.2 Å². The first-order valence-electron chi connectivity index (χ1n) is 9.63. The average Bonchev–Trinajstić information content (AvgIpc) is 2.73. The van der Waals surface area contributed by atoms with E-state index in [9.17, 15) is 0 Å². The highest BCUT2D eigenvalue weighted by Gasteiger charge is 2.10. The molecule has 3 aromatic rings. The van der Waals surface area contributed by atoms with Crippen molar-refractivity contribution in [3.05, 3.63) is 36.4 Å². The summed E-state index contributed by atoms with van der Waals surface area (Å²) >= 11 is 0. The van der Waals surface area contributed by atoms with Gasteiger partial charge in [-0.3, -0.25) is 0 Å². The van der Waals surface area contributed by atoms with Gasteiger partial charge in [-0.25, -0.2) is 0 Å². The summed E-state index contributed by atoms with van der Waals surface area (Å²) < 4.78 is 0. The first-order chi connectivity index (χ1) is 13.8. The van der Waals surface area contributed by atoms with Crippen LogP contribution in [0.4, 0.5) is 11.6 Å². The van der Waals surface area contributed by atoms with Crippen molar-refractivity contribution in [1.82, 2.24) is 20.8 Å². The second kappa shape index (κ2) is 10.7. The molecular formula is C20H28N6O2. The van der Waals surface area contributed by atoms with E-state index in [4.69, 9.17) is 10.2 Å². The van der Waals surface area contributed by atoms with Gasteiger partial charge in [0, 0.05) is 50.0 Å². The van der Waals surface area contributed by atoms with Crippen molar-refractivity contribution in [3.63, 3.8) is 0 Å². The number of nitrogens with zero attached hydrogens (tertiary/aromatic N) is 2. The lowest BCUT2D eigenvalue weighted by atomic mass is 10.0. The number of fused-ring (bicyclic) bond motifs is 2. The van der Waals surface area contributed by atoms with Gasteiger partial charge in [-0.05, 0) is 22.9 Å². The zero-order valence-corrected chi connectivity index (χ0v) is 15.9. The van der Waals surface area contributed by atoms with Crippen molar-refractivity contribution >= 4 is 33.2 Å². The van der Waals surface area contributed by atoms with Gasteiger partial charge in [0.1, 0.15) is 0 Å². The highest BCUT2D eigenvalue weighted by molar-refractivity contribution is 6.06. The molecule has 0 spiro atoms. The van der Waals surface area contributed by atoms with Crippen LogP contribution in [0.3, 0.4) is 0 Å². The number of rotatable bonds is 12. The predicted molar refractivity (Wildman–Crippen MR) is 114 cm³/mol. The van der Waals surface area contributed by atoms with Crippen molar-refractivity contribution in [2.45, 2.75) is 0 Å². The van der Waals surface area contributed by atoms with Crippen molar-refractivity contribution in [1.29, 1.82) is 0 Å². The molecule has 0 atom stereocenters. The van der Waals surface area contributed by atoms with Crippen molar-refractivity contribution in [2.24, 2.45) is 0 Å². The van der Waals surface area contributed by atoms with E-state index in [0.29, 0.717) is 26.2 Å². The van der Waals surface area contributed by atoms with Crippen LogP contribution >= 0.6 is 0 Å². The molecule has 0 aliphatic heterocycles. The summed E-state index contributed by atoms with van der Waals surface area (Å²) in [6, 6.07) is 12.5. The van der Waals surface area contributed by atoms with Crippen LogP contribution in [0.25, 0.3) is 21.5 Å². The van der Waals surface area contributed by atoms with E-state index in [1.165, 1.54) is 0 Å². The van der Waals surface area contributed by atoms with Crippen molar-refractivity contribution < 1.29 is 10.2 Å². The minimum Gasteiger partial charge on any atom is -0.395 e. The van der Waals surface area contributed by atoms with Gasteiger partial charge in [0.2, 0.25) is 0 Å². The Bertz CT molecular complexity index is 817. The van der Waals surface area contributed by atoms with Crippen LogP contribution in [0.1, 0.15) is 0 Å². The number of hydrogen-bond donors (Lipinski definition) is 6. The Morgan fingerprint density at radius 2 is 1.11 bits per heavy atom. The smallest absolute Gasteiger partial charge is 0.156 e. The molecule has 0 aliphatic rings. The van der Waals surface area contributed by atoms with Gasteiger partial charge in [-0.1, -0.05) is 24.3 Å². The van der Waals surface area contributed by atoms with Crippen LogP contribution in [0.2, 0.25) is 0 Å². The fourth-order valence-corrected chi connectivity index (χ4v) is 3.05. The number of benzene rings is 2. The summed E-state index contributed by atoms with van der Waals surface area (Å²) in [7, 11) is 0. The molecule has 8 nitrogen and oxygen atoms in total. The summed E-state index contributed by atoms with van der Waals surface area (Å²) in [5.41, 5.74) is 0. The van der Waals surface area contributed by atoms with Crippen LogP contribution in [0, 0.1) is 0 Å². The Morgan fingerprint density at radius 1 is 0.643 bits per heavy atom. The lowest BCUT2D eigenvalue weighted by Gasteiger charge is -2.14. The molecule has 0 saturated heterocycles. The fraction of sp³-hybridized carbons (Fsp3) is 0.400. The maximum atomic E-state index is 8.84. The lowest BCUT2D eigenvalue weighted by Crippen LogP contribution is -2.26. The second-order valence-corrected chi connectivity index (χ2v) is 6.44. The van der Waals surface area contributed by atoms with Crippen LogP contribution in [-0.4, -0.2) is 72.9 Å². The molecule has 2 aromatic carbocycles. The average molecular weight is 384 g/mol. The van der Waals surface area contributed by atoms with Crippen LogP contribution in [0.15, 0.2) is 36.4 Å². The highest BCUT2D eigenvalue weighted by atomic mass is 16.3. The molecule has 150 valence electrons. The van der Waals surface area contributed by atoms with Gasteiger partial charge in [0.15, 0.2) is 11.6 Å². The molecule has 0 aliphatic carbocycles. The normalized spacial score (nSPS) is 11.2. The molecule has 0 amide bonds. The number of hydrogen-bond acceptors (Lipinski definition) is 8. The number of aliphatic hydroxyl groups excluding tert-OH is 2. The van der Waals surface area contributed by atoms with Gasteiger partial charge >= 0.3 is 0 Å². The van der Waals surface area contributed by atoms with Gasteiger partial charge < -0.3 is 31.5 Å². The van der Waals surface area contributed by atoms with Crippen LogP contribution in [-0.2, 0) is 0 Å². The Morgan fingerprint density at radius 3 is 1.54 bits per heavy atom. The molecule has 0 fully saturated rings. The molecule has 0 unspecified atom stereocenters. The van der Waals surface area contributed by atoms with E-state index in [1.54, 1.807) is 0 Å². The third kappa shape index (κ3) is 5.26. The van der Waals surface area contributed by atoms with E-state index >= 15 is 0 Å². The number of nitrogens with one attached hydrogen (secondary N) is 4. The Hall–Kier alpha value is -2.52. The van der Waals surface area contributed by atoms with E-state index in [1.807, 2.05) is 12.1 Å². The molecule has 28 heavy (non-hydrogen) atoms. The van der Waals surface area contributed by atoms with E-state index in [-0.39, 0.29) is 13.2 Å². The summed E-state index contributed by atoms with van der Waals surface area (Å²) in [6.07, 6.45) is 0. The molecule has 0 radical (unpaired) electrons. The van der Waals surface area contributed by atoms with Gasteiger partial charge in [-0.15, -0.1) is 10.2 Å². The summed E-state index contributed by atoms with van der Waals surface area (Å²) in [4.78, 5) is 0. The lowest BCUT2D eigenvalue weighted by molar-refractivity contribution is 0.293. The topological polar surface area (TPSA) is 114 Å². The predicted octanol–water partition coefficient (Wildman–Crippen LogP) is 0.771. The minimum atomic E-state index is 0.127. The first kappa shape index (κ1) is 20.2. The van der Waals surface area contributed by atoms with Crippen molar-refractivity contribution in [3.8, 4) is 0 Å². The summed E-state index contributed by atoms with van der Waals surface area (Å²) in [6.45, 7) is 4.24. The SMILES string of the molecule is OCCNCCNc1nnc(NCCNCCO)c2cc3ccccc3cc12. The van der Waals surface area contributed by atoms with Crippen LogP contribution < -0.4 is 21.3 Å². The molecule has 0 bridgehead atoms. The molecular weight excluding hydrogens is 356 g/mol. The van der Waals surface area contributed by atoms with Gasteiger partial charge in [-0.2, -0.15) is 0 Å². The maximum Gasteiger partial charge on any atom is 0.156 e. The zero-order valence-electron chi connectivity index (χ0n) is 15.9. The van der Waals surface area contributed by atoms with Gasteiger partial charge in [0.25, 0.3) is 0 Å². The Balaban J connectivity index is 1.83. The largest absolute Gasteiger partial charge is 0.395 e. The molecule has 8 heteroatoms.